The van der Waals surface area contributed by atoms with E-state index in [1.165, 1.54) is 18.2 Å². The van der Waals surface area contributed by atoms with Crippen LogP contribution in [-0.2, 0) is 6.42 Å². The van der Waals surface area contributed by atoms with E-state index in [-0.39, 0.29) is 41.6 Å². The second-order valence-corrected chi connectivity index (χ2v) is 7.36. The first-order chi connectivity index (χ1) is 14.0. The van der Waals surface area contributed by atoms with Crippen LogP contribution in [0.5, 0.6) is 0 Å². The van der Waals surface area contributed by atoms with Crippen LogP contribution in [0.15, 0.2) is 27.7 Å². The molecule has 1 fully saturated rings. The van der Waals surface area contributed by atoms with Crippen molar-refractivity contribution in [1.29, 1.82) is 0 Å². The third-order valence-electron chi connectivity index (χ3n) is 4.72. The van der Waals surface area contributed by atoms with E-state index in [4.69, 9.17) is 4.52 Å². The molecule has 1 atom stereocenters. The van der Waals surface area contributed by atoms with Gasteiger partial charge >= 0.3 is 0 Å². The molecule has 1 aromatic carbocycles. The number of nitrogens with zero attached hydrogens (tertiary/aromatic N) is 4. The number of hydrogen-bond acceptors (Lipinski definition) is 5. The number of nitrogens with one attached hydrogen (secondary N) is 2. The Hall–Kier alpha value is -1.98. The van der Waals surface area contributed by atoms with Gasteiger partial charge < -0.3 is 20.1 Å². The molecule has 2 heterocycles. The SMILES string of the molecule is CCNC(=NCCc1nc(C(C)C)no1)NC1CCN(c2c(F)cccc2F)C1.I. The van der Waals surface area contributed by atoms with Gasteiger partial charge in [0.15, 0.2) is 11.8 Å². The minimum Gasteiger partial charge on any atom is -0.365 e. The van der Waals surface area contributed by atoms with Crippen LogP contribution >= 0.6 is 24.0 Å². The van der Waals surface area contributed by atoms with Crippen molar-refractivity contribution in [2.24, 2.45) is 4.99 Å². The number of aromatic nitrogens is 2. The van der Waals surface area contributed by atoms with Gasteiger partial charge in [0, 0.05) is 38.0 Å². The Balaban J connectivity index is 0.00000320. The van der Waals surface area contributed by atoms with Gasteiger partial charge in [-0.05, 0) is 25.5 Å². The highest BCUT2D eigenvalue weighted by atomic mass is 127. The van der Waals surface area contributed by atoms with E-state index < -0.39 is 11.6 Å². The predicted octanol–water partition coefficient (Wildman–Crippen LogP) is 3.47. The van der Waals surface area contributed by atoms with Crippen LogP contribution in [0.25, 0.3) is 0 Å². The molecule has 10 heteroatoms. The lowest BCUT2D eigenvalue weighted by Gasteiger charge is -2.21. The van der Waals surface area contributed by atoms with Crippen LogP contribution < -0.4 is 15.5 Å². The van der Waals surface area contributed by atoms with Crippen molar-refractivity contribution in [3.63, 3.8) is 0 Å². The van der Waals surface area contributed by atoms with Crippen molar-refractivity contribution in [2.75, 3.05) is 31.1 Å². The number of para-hydroxylation sites is 1. The summed E-state index contributed by atoms with van der Waals surface area (Å²) in [5.41, 5.74) is 0.0380. The summed E-state index contributed by atoms with van der Waals surface area (Å²) in [5, 5.41) is 10.5. The molecule has 0 radical (unpaired) electrons. The zero-order chi connectivity index (χ0) is 20.8. The summed E-state index contributed by atoms with van der Waals surface area (Å²) < 4.78 is 33.3. The average Bonchev–Trinajstić information content (AvgIpc) is 3.32. The third-order valence-corrected chi connectivity index (χ3v) is 4.72. The highest BCUT2D eigenvalue weighted by molar-refractivity contribution is 14.0. The Morgan fingerprint density at radius 1 is 1.33 bits per heavy atom. The number of benzene rings is 1. The highest BCUT2D eigenvalue weighted by Crippen LogP contribution is 2.26. The lowest BCUT2D eigenvalue weighted by molar-refractivity contribution is 0.372. The van der Waals surface area contributed by atoms with Crippen molar-refractivity contribution in [3.05, 3.63) is 41.5 Å². The molecule has 3 rings (SSSR count). The van der Waals surface area contributed by atoms with Gasteiger partial charge in [0.05, 0.1) is 6.54 Å². The van der Waals surface area contributed by atoms with Crippen molar-refractivity contribution in [2.45, 2.75) is 45.6 Å². The third kappa shape index (κ3) is 6.26. The molecule has 30 heavy (non-hydrogen) atoms. The van der Waals surface area contributed by atoms with Crippen LogP contribution in [-0.4, -0.2) is 48.3 Å². The van der Waals surface area contributed by atoms with E-state index in [0.29, 0.717) is 50.3 Å². The molecule has 1 aliphatic heterocycles. The molecule has 1 aromatic heterocycles. The van der Waals surface area contributed by atoms with Gasteiger partial charge in [-0.3, -0.25) is 4.99 Å². The van der Waals surface area contributed by atoms with Crippen LogP contribution in [0, 0.1) is 11.6 Å². The molecule has 0 bridgehead atoms. The number of rotatable bonds is 7. The average molecular weight is 534 g/mol. The van der Waals surface area contributed by atoms with E-state index in [0.717, 1.165) is 6.42 Å². The summed E-state index contributed by atoms with van der Waals surface area (Å²) >= 11 is 0. The topological polar surface area (TPSA) is 78.6 Å². The van der Waals surface area contributed by atoms with Crippen LogP contribution in [0.3, 0.4) is 0 Å². The fraction of sp³-hybridized carbons (Fsp3) is 0.550. The molecule has 0 amide bonds. The van der Waals surface area contributed by atoms with E-state index in [2.05, 4.69) is 25.8 Å². The van der Waals surface area contributed by atoms with E-state index in [1.807, 2.05) is 20.8 Å². The van der Waals surface area contributed by atoms with E-state index >= 15 is 0 Å². The van der Waals surface area contributed by atoms with Crippen LogP contribution in [0.2, 0.25) is 0 Å². The quantitative estimate of drug-likeness (QED) is 0.322. The second-order valence-electron chi connectivity index (χ2n) is 7.36. The summed E-state index contributed by atoms with van der Waals surface area (Å²) in [6.45, 7) is 8.30. The maximum Gasteiger partial charge on any atom is 0.228 e. The standard InChI is InChI=1S/C20H28F2N6O.HI/c1-4-23-20(24-10-8-17-26-19(13(2)3)27-29-17)25-14-9-11-28(12-14)18-15(21)6-5-7-16(18)22;/h5-7,13-14H,4,8-12H2,1-3H3,(H2,23,24,25);1H. The molecule has 0 saturated carbocycles. The molecular weight excluding hydrogens is 505 g/mol. The zero-order valence-corrected chi connectivity index (χ0v) is 19.8. The molecule has 1 unspecified atom stereocenters. The molecule has 1 aliphatic rings. The lowest BCUT2D eigenvalue weighted by atomic mass is 10.2. The summed E-state index contributed by atoms with van der Waals surface area (Å²) in [4.78, 5) is 10.6. The normalized spacial score (nSPS) is 16.7. The molecule has 2 aromatic rings. The van der Waals surface area contributed by atoms with Crippen molar-refractivity contribution < 1.29 is 13.3 Å². The monoisotopic (exact) mass is 534 g/mol. The van der Waals surface area contributed by atoms with Gasteiger partial charge in [-0.15, -0.1) is 24.0 Å². The molecular formula is C20H29F2IN6O. The molecule has 0 aliphatic carbocycles. The maximum absolute atomic E-state index is 14.0. The Bertz CT molecular complexity index is 824. The smallest absolute Gasteiger partial charge is 0.228 e. The van der Waals surface area contributed by atoms with E-state index in [1.54, 1.807) is 4.90 Å². The molecule has 2 N–H and O–H groups in total. The lowest BCUT2D eigenvalue weighted by Crippen LogP contribution is -2.44. The summed E-state index contributed by atoms with van der Waals surface area (Å²) in [5.74, 6) is 1.07. The highest BCUT2D eigenvalue weighted by Gasteiger charge is 2.27. The maximum atomic E-state index is 14.0. The van der Waals surface area contributed by atoms with Gasteiger partial charge in [-0.25, -0.2) is 8.78 Å². The minimum absolute atomic E-state index is 0. The van der Waals surface area contributed by atoms with Crippen LogP contribution in [0.4, 0.5) is 14.5 Å². The van der Waals surface area contributed by atoms with Gasteiger partial charge in [0.1, 0.15) is 17.3 Å². The van der Waals surface area contributed by atoms with Crippen molar-refractivity contribution in [1.82, 2.24) is 20.8 Å². The Kier molecular flexibility index (Phi) is 9.25. The summed E-state index contributed by atoms with van der Waals surface area (Å²) in [7, 11) is 0. The molecule has 7 nitrogen and oxygen atoms in total. The number of anilines is 1. The number of halogens is 3. The van der Waals surface area contributed by atoms with Crippen molar-refractivity contribution in [3.8, 4) is 0 Å². The first kappa shape index (κ1) is 24.3. The van der Waals surface area contributed by atoms with Gasteiger partial charge in [0.2, 0.25) is 5.89 Å². The van der Waals surface area contributed by atoms with Crippen LogP contribution in [0.1, 0.15) is 44.8 Å². The molecule has 1 saturated heterocycles. The number of guanidine groups is 1. The number of hydrogen-bond donors (Lipinski definition) is 2. The first-order valence-electron chi connectivity index (χ1n) is 10.0. The fourth-order valence-corrected chi connectivity index (χ4v) is 3.25. The summed E-state index contributed by atoms with van der Waals surface area (Å²) in [6, 6.07) is 3.99. The van der Waals surface area contributed by atoms with Crippen molar-refractivity contribution >= 4 is 35.6 Å². The Morgan fingerprint density at radius 3 is 2.70 bits per heavy atom. The Labute approximate surface area is 192 Å². The second kappa shape index (κ2) is 11.4. The van der Waals surface area contributed by atoms with Gasteiger partial charge in [-0.1, -0.05) is 25.1 Å². The zero-order valence-electron chi connectivity index (χ0n) is 17.5. The molecule has 166 valence electrons. The van der Waals surface area contributed by atoms with Gasteiger partial charge in [0.25, 0.3) is 0 Å². The minimum atomic E-state index is -0.536. The van der Waals surface area contributed by atoms with E-state index in [9.17, 15) is 8.78 Å². The fourth-order valence-electron chi connectivity index (χ4n) is 3.25. The Morgan fingerprint density at radius 2 is 2.07 bits per heavy atom. The summed E-state index contributed by atoms with van der Waals surface area (Å²) in [6.07, 6.45) is 1.31. The predicted molar refractivity (Wildman–Crippen MR) is 124 cm³/mol. The first-order valence-corrected chi connectivity index (χ1v) is 10.0. The number of aliphatic imine (C=N–C) groups is 1. The largest absolute Gasteiger partial charge is 0.365 e. The van der Waals surface area contributed by atoms with Gasteiger partial charge in [-0.2, -0.15) is 4.98 Å². The molecule has 0 spiro atoms.